The van der Waals surface area contributed by atoms with Gasteiger partial charge in [-0.25, -0.2) is 14.2 Å². The van der Waals surface area contributed by atoms with E-state index >= 15 is 0 Å². The molecule has 5 nitrogen and oxygen atoms in total. The molecule has 0 spiro atoms. The number of imidazole rings is 1. The summed E-state index contributed by atoms with van der Waals surface area (Å²) in [6.45, 7) is 5.36. The number of allylic oxidation sites excluding steroid dienone is 3. The minimum Gasteiger partial charge on any atom is -0.494 e. The molecule has 0 unspecified atom stereocenters. The maximum Gasteiger partial charge on any atom is 0.340 e. The quantitative estimate of drug-likeness (QED) is 0.481. The number of hydrogen-bond acceptors (Lipinski definition) is 4. The number of nitrogens with zero attached hydrogens (tertiary/aromatic N) is 2. The molecular formula is C17H17FN2O3. The van der Waals surface area contributed by atoms with Crippen LogP contribution >= 0.6 is 0 Å². The van der Waals surface area contributed by atoms with Crippen LogP contribution in [0, 0.1) is 6.92 Å². The van der Waals surface area contributed by atoms with Crippen molar-refractivity contribution >= 4 is 17.4 Å². The third kappa shape index (κ3) is 3.15. The van der Waals surface area contributed by atoms with E-state index in [-0.39, 0.29) is 16.9 Å². The number of carbonyl (C=O) groups excluding carboxylic acids is 1. The fraction of sp³-hybridized carbons (Fsp3) is 0.176. The van der Waals surface area contributed by atoms with Crippen LogP contribution in [0.2, 0.25) is 0 Å². The number of pyridine rings is 1. The van der Waals surface area contributed by atoms with Gasteiger partial charge in [-0.15, -0.1) is 0 Å². The lowest BCUT2D eigenvalue weighted by Crippen LogP contribution is -2.08. The molecule has 0 fully saturated rings. The lowest BCUT2D eigenvalue weighted by molar-refractivity contribution is 0.0599. The van der Waals surface area contributed by atoms with E-state index < -0.39 is 11.8 Å². The molecule has 6 heteroatoms. The molecule has 0 atom stereocenters. The van der Waals surface area contributed by atoms with Gasteiger partial charge in [-0.3, -0.25) is 0 Å². The Morgan fingerprint density at radius 1 is 1.35 bits per heavy atom. The predicted octanol–water partition coefficient (Wildman–Crippen LogP) is 3.46. The Labute approximate surface area is 133 Å². The molecule has 0 aliphatic carbocycles. The average Bonchev–Trinajstić information content (AvgIpc) is 2.94. The monoisotopic (exact) mass is 316 g/mol. The fourth-order valence-corrected chi connectivity index (χ4v) is 2.12. The van der Waals surface area contributed by atoms with Gasteiger partial charge in [-0.2, -0.15) is 0 Å². The Balaban J connectivity index is 2.75. The fourth-order valence-electron chi connectivity index (χ4n) is 2.12. The molecule has 0 bridgehead atoms. The highest BCUT2D eigenvalue weighted by Crippen LogP contribution is 2.27. The van der Waals surface area contributed by atoms with Crippen LogP contribution in [0.4, 0.5) is 4.39 Å². The highest BCUT2D eigenvalue weighted by atomic mass is 19.1. The smallest absolute Gasteiger partial charge is 0.340 e. The van der Waals surface area contributed by atoms with Gasteiger partial charge in [0.2, 0.25) is 0 Å². The lowest BCUT2D eigenvalue weighted by atomic mass is 10.1. The minimum absolute atomic E-state index is 0.0253. The normalized spacial score (nSPS) is 12.3. The van der Waals surface area contributed by atoms with E-state index in [0.717, 1.165) is 5.69 Å². The molecule has 0 radical (unpaired) electrons. The molecule has 0 aliphatic heterocycles. The number of aromatic nitrogens is 2. The SMILES string of the molecule is C=C/C=C\C(OC)=C(/F)c1cc2ncc(C)n2cc1C(=O)OC. The zero-order chi connectivity index (χ0) is 17.0. The highest BCUT2D eigenvalue weighted by molar-refractivity contribution is 5.95. The van der Waals surface area contributed by atoms with Crippen molar-refractivity contribution in [2.45, 2.75) is 6.92 Å². The molecule has 2 aromatic rings. The minimum atomic E-state index is -0.686. The first-order valence-corrected chi connectivity index (χ1v) is 6.82. The van der Waals surface area contributed by atoms with Crippen LogP contribution in [0.5, 0.6) is 0 Å². The summed E-state index contributed by atoms with van der Waals surface area (Å²) in [5.74, 6) is -1.36. The zero-order valence-electron chi connectivity index (χ0n) is 13.2. The van der Waals surface area contributed by atoms with Crippen LogP contribution < -0.4 is 0 Å². The number of halogens is 1. The van der Waals surface area contributed by atoms with Gasteiger partial charge in [-0.05, 0) is 19.1 Å². The van der Waals surface area contributed by atoms with Gasteiger partial charge in [0.25, 0.3) is 0 Å². The molecule has 0 saturated carbocycles. The van der Waals surface area contributed by atoms with Crippen molar-refractivity contribution in [3.8, 4) is 0 Å². The van der Waals surface area contributed by atoms with E-state index in [1.807, 2.05) is 6.92 Å². The maximum atomic E-state index is 14.8. The van der Waals surface area contributed by atoms with Crippen LogP contribution in [-0.4, -0.2) is 29.6 Å². The van der Waals surface area contributed by atoms with Gasteiger partial charge in [-0.1, -0.05) is 18.7 Å². The van der Waals surface area contributed by atoms with Crippen LogP contribution in [-0.2, 0) is 9.47 Å². The van der Waals surface area contributed by atoms with E-state index in [2.05, 4.69) is 11.6 Å². The first kappa shape index (κ1) is 16.5. The van der Waals surface area contributed by atoms with Gasteiger partial charge in [0, 0.05) is 23.7 Å². The van der Waals surface area contributed by atoms with Crippen LogP contribution in [0.15, 0.2) is 49.0 Å². The number of ether oxygens (including phenoxy) is 2. The number of hydrogen-bond donors (Lipinski definition) is 0. The molecule has 0 amide bonds. The number of esters is 1. The first-order valence-electron chi connectivity index (χ1n) is 6.82. The van der Waals surface area contributed by atoms with Gasteiger partial charge in [0.15, 0.2) is 11.6 Å². The third-order valence-corrected chi connectivity index (χ3v) is 3.29. The summed E-state index contributed by atoms with van der Waals surface area (Å²) in [6.07, 6.45) is 7.59. The van der Waals surface area contributed by atoms with Gasteiger partial charge < -0.3 is 13.9 Å². The summed E-state index contributed by atoms with van der Waals surface area (Å²) in [4.78, 5) is 16.2. The largest absolute Gasteiger partial charge is 0.494 e. The molecule has 2 rings (SSSR count). The molecule has 23 heavy (non-hydrogen) atoms. The Hall–Kier alpha value is -2.89. The van der Waals surface area contributed by atoms with E-state index in [0.29, 0.717) is 5.65 Å². The Morgan fingerprint density at radius 2 is 2.09 bits per heavy atom. The van der Waals surface area contributed by atoms with Gasteiger partial charge >= 0.3 is 5.97 Å². The van der Waals surface area contributed by atoms with Crippen molar-refractivity contribution < 1.29 is 18.7 Å². The summed E-state index contributed by atoms with van der Waals surface area (Å²) < 4.78 is 26.3. The van der Waals surface area contributed by atoms with Gasteiger partial charge in [0.05, 0.1) is 19.8 Å². The predicted molar refractivity (Wildman–Crippen MR) is 85.6 cm³/mol. The van der Waals surface area contributed by atoms with Crippen molar-refractivity contribution in [2.75, 3.05) is 14.2 Å². The summed E-state index contributed by atoms with van der Waals surface area (Å²) in [6, 6.07) is 1.48. The van der Waals surface area contributed by atoms with Crippen LogP contribution in [0.25, 0.3) is 11.5 Å². The number of methoxy groups -OCH3 is 2. The molecule has 120 valence electrons. The lowest BCUT2D eigenvalue weighted by Gasteiger charge is -2.10. The second-order valence-electron chi connectivity index (χ2n) is 4.70. The number of aryl methyl sites for hydroxylation is 1. The summed E-state index contributed by atoms with van der Waals surface area (Å²) in [7, 11) is 2.59. The summed E-state index contributed by atoms with van der Waals surface area (Å²) >= 11 is 0. The van der Waals surface area contributed by atoms with E-state index in [9.17, 15) is 9.18 Å². The van der Waals surface area contributed by atoms with Crippen molar-refractivity contribution in [3.05, 3.63) is 65.8 Å². The number of rotatable bonds is 5. The Kier molecular flexibility index (Phi) is 4.95. The molecule has 2 heterocycles. The molecule has 0 N–H and O–H groups in total. The molecular weight excluding hydrogens is 299 g/mol. The molecule has 0 aliphatic rings. The standard InChI is InChI=1S/C17H17FN2O3/c1-5-6-7-14(22-3)16(18)12-8-15-19-9-11(2)20(15)10-13(12)17(21)23-4/h5-10H,1H2,2-4H3/b7-6-,16-14+. The second kappa shape index (κ2) is 6.91. The van der Waals surface area contributed by atoms with Crippen molar-refractivity contribution in [2.24, 2.45) is 0 Å². The average molecular weight is 316 g/mol. The molecule has 0 saturated heterocycles. The van der Waals surface area contributed by atoms with E-state index in [1.54, 1.807) is 10.6 Å². The van der Waals surface area contributed by atoms with Crippen LogP contribution in [0.1, 0.15) is 21.6 Å². The van der Waals surface area contributed by atoms with Crippen LogP contribution in [0.3, 0.4) is 0 Å². The number of fused-ring (bicyclic) bond motifs is 1. The summed E-state index contributed by atoms with van der Waals surface area (Å²) in [5, 5.41) is 0. The highest BCUT2D eigenvalue weighted by Gasteiger charge is 2.20. The topological polar surface area (TPSA) is 52.8 Å². The third-order valence-electron chi connectivity index (χ3n) is 3.29. The number of carbonyl (C=O) groups is 1. The Bertz CT molecular complexity index is 819. The zero-order valence-corrected chi connectivity index (χ0v) is 13.2. The summed E-state index contributed by atoms with van der Waals surface area (Å²) in [5.41, 5.74) is 1.48. The second-order valence-corrected chi connectivity index (χ2v) is 4.70. The molecule has 2 aromatic heterocycles. The van der Waals surface area contributed by atoms with Crippen molar-refractivity contribution in [1.82, 2.24) is 9.38 Å². The van der Waals surface area contributed by atoms with E-state index in [4.69, 9.17) is 9.47 Å². The van der Waals surface area contributed by atoms with E-state index in [1.165, 1.54) is 44.7 Å². The van der Waals surface area contributed by atoms with Gasteiger partial charge in [0.1, 0.15) is 5.65 Å². The van der Waals surface area contributed by atoms with Crippen molar-refractivity contribution in [3.63, 3.8) is 0 Å². The molecule has 0 aromatic carbocycles. The maximum absolute atomic E-state index is 14.8. The Morgan fingerprint density at radius 3 is 2.70 bits per heavy atom. The van der Waals surface area contributed by atoms with Crippen molar-refractivity contribution in [1.29, 1.82) is 0 Å². The first-order chi connectivity index (χ1) is 11.0.